The van der Waals surface area contributed by atoms with Gasteiger partial charge in [-0.15, -0.1) is 0 Å². The Kier molecular flexibility index (Phi) is 31.7. The maximum absolute atomic E-state index is 12.0. The van der Waals surface area contributed by atoms with Crippen molar-refractivity contribution in [3.8, 4) is 0 Å². The highest BCUT2D eigenvalue weighted by Crippen LogP contribution is 2.16. The number of aliphatic hydroxyl groups excluding tert-OH is 4. The quantitative estimate of drug-likeness (QED) is 0.0318. The summed E-state index contributed by atoms with van der Waals surface area (Å²) in [5.41, 5.74) is 0. The number of carbonyl (C=O) groups is 2. The molecule has 4 N–H and O–H groups in total. The minimum Gasteiger partial charge on any atom is -0.463 e. The van der Waals surface area contributed by atoms with Crippen LogP contribution in [0.2, 0.25) is 0 Å². The van der Waals surface area contributed by atoms with Crippen molar-refractivity contribution in [1.82, 2.24) is 0 Å². The van der Waals surface area contributed by atoms with Gasteiger partial charge in [0.15, 0.2) is 0 Å². The van der Waals surface area contributed by atoms with E-state index in [1.807, 2.05) is 6.08 Å². The van der Waals surface area contributed by atoms with E-state index in [0.717, 1.165) is 50.9 Å². The van der Waals surface area contributed by atoms with Crippen LogP contribution in [-0.2, 0) is 19.1 Å². The Labute approximate surface area is 292 Å². The number of carbonyl (C=O) groups excluding carboxylic acids is 2. The van der Waals surface area contributed by atoms with E-state index in [2.05, 4.69) is 20.8 Å². The van der Waals surface area contributed by atoms with Crippen molar-refractivity contribution in [3.63, 3.8) is 0 Å². The second-order valence-electron chi connectivity index (χ2n) is 13.2. The molecule has 0 aromatic rings. The molecule has 278 valence electrons. The average Bonchev–Trinajstić information content (AvgIpc) is 3.07. The summed E-state index contributed by atoms with van der Waals surface area (Å²) in [4.78, 5) is 23.9. The van der Waals surface area contributed by atoms with Crippen LogP contribution in [0.25, 0.3) is 0 Å². The molecule has 0 aromatic heterocycles. The number of ether oxygens (including phenoxy) is 2. The lowest BCUT2D eigenvalue weighted by Crippen LogP contribution is -2.26. The van der Waals surface area contributed by atoms with Crippen molar-refractivity contribution < 1.29 is 39.5 Å². The first-order chi connectivity index (χ1) is 23.2. The SMILES string of the molecule is CCCCC[C@@H](O)/C=C/C=C\C=C\C=C\[C@@H](O)[C@H](O)CCCC(=O)OC[C@@H](O)COC(=O)CCCCCCCCCCCCC(C)CC. The van der Waals surface area contributed by atoms with E-state index >= 15 is 0 Å². The summed E-state index contributed by atoms with van der Waals surface area (Å²) in [6, 6.07) is 0. The van der Waals surface area contributed by atoms with Crippen molar-refractivity contribution in [3.05, 3.63) is 48.6 Å². The zero-order chi connectivity index (χ0) is 35.7. The van der Waals surface area contributed by atoms with Gasteiger partial charge in [0.25, 0.3) is 0 Å². The lowest BCUT2D eigenvalue weighted by Gasteiger charge is -2.14. The Hall–Kier alpha value is -2.26. The summed E-state index contributed by atoms with van der Waals surface area (Å²) in [5, 5.41) is 40.1. The molecule has 0 rings (SSSR count). The van der Waals surface area contributed by atoms with Crippen molar-refractivity contribution in [2.75, 3.05) is 13.2 Å². The minimum absolute atomic E-state index is 0.0317. The smallest absolute Gasteiger partial charge is 0.305 e. The number of hydrogen-bond donors (Lipinski definition) is 4. The number of esters is 2. The van der Waals surface area contributed by atoms with Crippen LogP contribution in [0.4, 0.5) is 0 Å². The molecule has 8 heteroatoms. The van der Waals surface area contributed by atoms with Crippen LogP contribution >= 0.6 is 0 Å². The number of hydrogen-bond acceptors (Lipinski definition) is 8. The molecule has 0 heterocycles. The predicted octanol–water partition coefficient (Wildman–Crippen LogP) is 8.22. The van der Waals surface area contributed by atoms with Gasteiger partial charge in [0, 0.05) is 12.8 Å². The van der Waals surface area contributed by atoms with E-state index in [1.165, 1.54) is 63.9 Å². The molecule has 1 unspecified atom stereocenters. The molecule has 0 fully saturated rings. The van der Waals surface area contributed by atoms with Crippen molar-refractivity contribution in [2.24, 2.45) is 5.92 Å². The number of aliphatic hydroxyl groups is 4. The van der Waals surface area contributed by atoms with Gasteiger partial charge in [-0.3, -0.25) is 9.59 Å². The normalized spacial score (nSPS) is 15.4. The standard InChI is InChI=1S/C40H70O8/c1-4-6-19-26-35(41)27-21-16-13-14-17-22-28-37(43)38(44)29-24-31-40(46)48-33-36(42)32-47-39(45)30-23-18-12-10-8-7-9-11-15-20-25-34(3)5-2/h13-14,16-17,21-22,27-28,34-38,41-44H,4-12,15,18-20,23-26,29-33H2,1-3H3/b16-13-,17-14+,27-21+,28-22+/t34?,35-,36+,37-,38-/m1/s1. The van der Waals surface area contributed by atoms with Crippen LogP contribution in [0, 0.1) is 5.92 Å². The molecule has 0 saturated heterocycles. The maximum atomic E-state index is 12.0. The molecule has 48 heavy (non-hydrogen) atoms. The van der Waals surface area contributed by atoms with Crippen molar-refractivity contribution in [1.29, 1.82) is 0 Å². The van der Waals surface area contributed by atoms with Crippen LogP contribution in [-0.4, -0.2) is 70.0 Å². The maximum Gasteiger partial charge on any atom is 0.305 e. The van der Waals surface area contributed by atoms with Gasteiger partial charge in [0.05, 0.1) is 18.3 Å². The van der Waals surface area contributed by atoms with Crippen LogP contribution in [0.15, 0.2) is 48.6 Å². The third kappa shape index (κ3) is 31.0. The first-order valence-corrected chi connectivity index (χ1v) is 18.9. The summed E-state index contributed by atoms with van der Waals surface area (Å²) >= 11 is 0. The molecule has 0 saturated carbocycles. The predicted molar refractivity (Wildman–Crippen MR) is 195 cm³/mol. The van der Waals surface area contributed by atoms with Gasteiger partial charge in [-0.25, -0.2) is 0 Å². The minimum atomic E-state index is -1.09. The number of unbranched alkanes of at least 4 members (excludes halogenated alkanes) is 11. The van der Waals surface area contributed by atoms with Crippen LogP contribution in [0.1, 0.15) is 149 Å². The van der Waals surface area contributed by atoms with E-state index < -0.39 is 30.4 Å². The Balaban J connectivity index is 3.81. The Morgan fingerprint density at radius 3 is 1.60 bits per heavy atom. The molecular weight excluding hydrogens is 608 g/mol. The molecule has 5 atom stereocenters. The van der Waals surface area contributed by atoms with E-state index in [-0.39, 0.29) is 32.0 Å². The Bertz CT molecular complexity index is 880. The largest absolute Gasteiger partial charge is 0.463 e. The highest BCUT2D eigenvalue weighted by Gasteiger charge is 2.15. The second kappa shape index (κ2) is 33.2. The van der Waals surface area contributed by atoms with Gasteiger partial charge >= 0.3 is 11.9 Å². The molecule has 0 aliphatic carbocycles. The third-order valence-electron chi connectivity index (χ3n) is 8.47. The summed E-state index contributed by atoms with van der Waals surface area (Å²) < 4.78 is 10.2. The first kappa shape index (κ1) is 45.7. The molecule has 0 spiro atoms. The fourth-order valence-electron chi connectivity index (χ4n) is 5.03. The van der Waals surface area contributed by atoms with Gasteiger partial charge in [-0.05, 0) is 31.6 Å². The Morgan fingerprint density at radius 2 is 1.04 bits per heavy atom. The zero-order valence-electron chi connectivity index (χ0n) is 30.5. The van der Waals surface area contributed by atoms with E-state index in [1.54, 1.807) is 36.5 Å². The van der Waals surface area contributed by atoms with Crippen LogP contribution in [0.3, 0.4) is 0 Å². The topological polar surface area (TPSA) is 134 Å². The molecule has 0 aliphatic heterocycles. The molecule has 0 radical (unpaired) electrons. The molecule has 0 aromatic carbocycles. The summed E-state index contributed by atoms with van der Waals surface area (Å²) in [6.45, 7) is 6.24. The van der Waals surface area contributed by atoms with Crippen molar-refractivity contribution >= 4 is 11.9 Å². The van der Waals surface area contributed by atoms with Gasteiger partial charge in [-0.1, -0.05) is 159 Å². The highest BCUT2D eigenvalue weighted by atomic mass is 16.6. The summed E-state index contributed by atoms with van der Waals surface area (Å²) in [5.74, 6) is -0.0274. The molecular formula is C40H70O8. The fourth-order valence-corrected chi connectivity index (χ4v) is 5.03. The number of allylic oxidation sites excluding steroid dienone is 6. The van der Waals surface area contributed by atoms with Crippen LogP contribution < -0.4 is 0 Å². The molecule has 0 bridgehead atoms. The molecule has 0 amide bonds. The van der Waals surface area contributed by atoms with E-state index in [9.17, 15) is 30.0 Å². The van der Waals surface area contributed by atoms with Crippen LogP contribution in [0.5, 0.6) is 0 Å². The molecule has 8 nitrogen and oxygen atoms in total. The lowest BCUT2D eigenvalue weighted by molar-refractivity contribution is -0.152. The molecule has 0 aliphatic rings. The monoisotopic (exact) mass is 679 g/mol. The third-order valence-corrected chi connectivity index (χ3v) is 8.47. The first-order valence-electron chi connectivity index (χ1n) is 18.9. The van der Waals surface area contributed by atoms with Crippen molar-refractivity contribution in [2.45, 2.75) is 174 Å². The highest BCUT2D eigenvalue weighted by molar-refractivity contribution is 5.69. The number of rotatable bonds is 32. The lowest BCUT2D eigenvalue weighted by atomic mass is 9.99. The average molecular weight is 679 g/mol. The zero-order valence-corrected chi connectivity index (χ0v) is 30.5. The van der Waals surface area contributed by atoms with E-state index in [0.29, 0.717) is 12.8 Å². The van der Waals surface area contributed by atoms with E-state index in [4.69, 9.17) is 9.47 Å². The van der Waals surface area contributed by atoms with Gasteiger partial charge in [-0.2, -0.15) is 0 Å². The van der Waals surface area contributed by atoms with Gasteiger partial charge in [0.2, 0.25) is 0 Å². The summed E-state index contributed by atoms with van der Waals surface area (Å²) in [7, 11) is 0. The Morgan fingerprint density at radius 1 is 0.562 bits per heavy atom. The van der Waals surface area contributed by atoms with Gasteiger partial charge in [0.1, 0.15) is 19.3 Å². The van der Waals surface area contributed by atoms with Gasteiger partial charge < -0.3 is 29.9 Å². The fraction of sp³-hybridized carbons (Fsp3) is 0.750. The summed E-state index contributed by atoms with van der Waals surface area (Å²) in [6.07, 6.45) is 29.6. The second-order valence-corrected chi connectivity index (χ2v) is 13.2.